The summed E-state index contributed by atoms with van der Waals surface area (Å²) in [6.45, 7) is 30.6. The predicted molar refractivity (Wildman–Crippen MR) is 367 cm³/mol. The lowest BCUT2D eigenvalue weighted by atomic mass is 10.1. The molecular formula is C77H83F3N10O3. The second-order valence-corrected chi connectivity index (χ2v) is 22.1. The third-order valence-electron chi connectivity index (χ3n) is 13.9. The number of benzene rings is 2. The Hall–Kier alpha value is -10.6. The minimum absolute atomic E-state index is 0.218. The van der Waals surface area contributed by atoms with Crippen LogP contribution in [-0.4, -0.2) is 49.2 Å². The van der Waals surface area contributed by atoms with Crippen molar-refractivity contribution in [1.82, 2.24) is 49.2 Å². The van der Waals surface area contributed by atoms with Crippen LogP contribution in [0, 0.1) is 111 Å². The molecule has 0 bridgehead atoms. The van der Waals surface area contributed by atoms with E-state index in [1.54, 1.807) is 13.8 Å². The first-order valence-electron chi connectivity index (χ1n) is 30.2. The first kappa shape index (κ1) is 71.5. The highest BCUT2D eigenvalue weighted by molar-refractivity contribution is 5.63. The largest absolute Gasteiger partial charge is 0.488 e. The first-order valence-corrected chi connectivity index (χ1v) is 30.2. The van der Waals surface area contributed by atoms with Crippen LogP contribution < -0.4 is 0 Å². The van der Waals surface area contributed by atoms with E-state index in [9.17, 15) is 13.2 Å². The van der Waals surface area contributed by atoms with Gasteiger partial charge in [0.25, 0.3) is 0 Å². The molecule has 0 unspecified atom stereocenters. The summed E-state index contributed by atoms with van der Waals surface area (Å²) in [7, 11) is 0. The zero-order chi connectivity index (χ0) is 67.6. The van der Waals surface area contributed by atoms with Crippen molar-refractivity contribution < 1.29 is 26.4 Å². The molecule has 93 heavy (non-hydrogen) atoms. The van der Waals surface area contributed by atoms with E-state index in [1.165, 1.54) is 65.3 Å². The molecule has 13 rings (SSSR count). The molecule has 0 aliphatic carbocycles. The molecule has 0 fully saturated rings. The Bertz CT molecular complexity index is 3980. The van der Waals surface area contributed by atoms with Gasteiger partial charge in [0, 0.05) is 136 Å². The number of alkyl halides is 3. The summed E-state index contributed by atoms with van der Waals surface area (Å²) in [5.41, 5.74) is 19.7. The fourth-order valence-corrected chi connectivity index (χ4v) is 9.02. The van der Waals surface area contributed by atoms with Crippen LogP contribution in [0.25, 0.3) is 50.5 Å². The molecule has 11 aromatic heterocycles. The lowest BCUT2D eigenvalue weighted by Crippen LogP contribution is -2.19. The highest BCUT2D eigenvalue weighted by Gasteiger charge is 2.32. The monoisotopic (exact) mass is 1250 g/mol. The van der Waals surface area contributed by atoms with Gasteiger partial charge in [0.2, 0.25) is 11.8 Å². The zero-order valence-corrected chi connectivity index (χ0v) is 56.0. The summed E-state index contributed by atoms with van der Waals surface area (Å²) in [4.78, 5) is 25.4. The van der Waals surface area contributed by atoms with E-state index < -0.39 is 6.30 Å². The van der Waals surface area contributed by atoms with Crippen LogP contribution in [0.5, 0.6) is 0 Å². The number of halogens is 3. The van der Waals surface area contributed by atoms with Crippen LogP contribution in [0.15, 0.2) is 226 Å². The Morgan fingerprint density at radius 3 is 1.28 bits per heavy atom. The summed E-state index contributed by atoms with van der Waals surface area (Å²) in [6.07, 6.45) is 8.71. The molecule has 0 amide bonds. The molecule has 16 heteroatoms. The van der Waals surface area contributed by atoms with E-state index in [-0.39, 0.29) is 11.4 Å². The number of para-hydroxylation sites is 1. The van der Waals surface area contributed by atoms with E-state index in [4.69, 9.17) is 13.3 Å². The van der Waals surface area contributed by atoms with E-state index in [0.29, 0.717) is 16.3 Å². The minimum atomic E-state index is -4.28. The van der Waals surface area contributed by atoms with Gasteiger partial charge in [-0.3, -0.25) is 34.5 Å². The normalized spacial score (nSPS) is 10.3. The topological polar surface area (TPSA) is 152 Å². The lowest BCUT2D eigenvalue weighted by molar-refractivity contribution is -0.205. The SMILES string of the molecule is Cc1cc(-c2ccccc2)oc1C.Cc1ccc(-c2ccnc(C)c2)cn1.Cc1ccc(C)n1-c1ccccc1.Cc1ccc(C)n1C(F)(F)F.Cc1ccc(C)o1.Cc1ccnc(-c2ccc(C)nc2)c1.Cc1cncc(-c2ccc(C)nc2)c1.Cc1nnc(C)o1. The molecule has 0 atom stereocenters. The second-order valence-electron chi connectivity index (χ2n) is 22.1. The molecule has 11 heterocycles. The molecule has 0 N–H and O–H groups in total. The quantitative estimate of drug-likeness (QED) is 0.162. The maximum atomic E-state index is 12.1. The molecule has 0 spiro atoms. The second kappa shape index (κ2) is 35.1. The Morgan fingerprint density at radius 1 is 0.355 bits per heavy atom. The molecule has 0 saturated carbocycles. The third kappa shape index (κ3) is 23.6. The van der Waals surface area contributed by atoms with Gasteiger partial charge >= 0.3 is 6.30 Å². The van der Waals surface area contributed by atoms with Crippen molar-refractivity contribution in [3.05, 3.63) is 305 Å². The van der Waals surface area contributed by atoms with Crippen LogP contribution in [-0.2, 0) is 6.30 Å². The summed E-state index contributed by atoms with van der Waals surface area (Å²) < 4.78 is 54.5. The highest BCUT2D eigenvalue weighted by Crippen LogP contribution is 2.28. The number of pyridine rings is 6. The number of nitrogens with zero attached hydrogens (tertiary/aromatic N) is 10. The Morgan fingerprint density at radius 2 is 0.860 bits per heavy atom. The molecule has 13 aromatic rings. The zero-order valence-electron chi connectivity index (χ0n) is 56.0. The van der Waals surface area contributed by atoms with Gasteiger partial charge in [-0.15, -0.1) is 23.4 Å². The molecule has 0 saturated heterocycles. The third-order valence-corrected chi connectivity index (χ3v) is 13.9. The van der Waals surface area contributed by atoms with Crippen molar-refractivity contribution in [2.75, 3.05) is 0 Å². The first-order chi connectivity index (χ1) is 44.3. The average Bonchev–Trinajstić information content (AvgIpc) is 1.91. The minimum Gasteiger partial charge on any atom is -0.467 e. The van der Waals surface area contributed by atoms with Gasteiger partial charge in [0.1, 0.15) is 23.0 Å². The van der Waals surface area contributed by atoms with E-state index >= 15 is 0 Å². The van der Waals surface area contributed by atoms with Gasteiger partial charge in [-0.25, -0.2) is 0 Å². The molecule has 0 aliphatic heterocycles. The molecule has 0 radical (unpaired) electrons. The van der Waals surface area contributed by atoms with Crippen LogP contribution in [0.2, 0.25) is 0 Å². The molecular weight excluding hydrogens is 1170 g/mol. The van der Waals surface area contributed by atoms with Gasteiger partial charge in [-0.1, -0.05) is 60.7 Å². The van der Waals surface area contributed by atoms with Crippen molar-refractivity contribution in [3.8, 4) is 50.5 Å². The number of rotatable bonds is 5. The number of hydrogen-bond donors (Lipinski definition) is 0. The van der Waals surface area contributed by atoms with Crippen molar-refractivity contribution in [2.45, 2.75) is 117 Å². The fraction of sp³-hybridized carbons (Fsp3) is 0.221. The van der Waals surface area contributed by atoms with Gasteiger partial charge in [0.05, 0.1) is 5.69 Å². The Kier molecular flexibility index (Phi) is 27.0. The molecule has 2 aromatic carbocycles. The van der Waals surface area contributed by atoms with E-state index in [2.05, 4.69) is 157 Å². The summed E-state index contributed by atoms with van der Waals surface area (Å²) in [6, 6.07) is 56.2. The Labute approximate surface area is 545 Å². The number of aromatic nitrogens is 10. The smallest absolute Gasteiger partial charge is 0.467 e. The number of hydrogen-bond acceptors (Lipinski definition) is 11. The highest BCUT2D eigenvalue weighted by atomic mass is 19.4. The van der Waals surface area contributed by atoms with Crippen molar-refractivity contribution in [1.29, 1.82) is 0 Å². The summed E-state index contributed by atoms with van der Waals surface area (Å²) >= 11 is 0. The van der Waals surface area contributed by atoms with Crippen LogP contribution in [0.1, 0.15) is 91.3 Å². The van der Waals surface area contributed by atoms with Crippen molar-refractivity contribution in [3.63, 3.8) is 0 Å². The maximum Gasteiger partial charge on any atom is 0.488 e. The van der Waals surface area contributed by atoms with Crippen LogP contribution in [0.3, 0.4) is 0 Å². The van der Waals surface area contributed by atoms with Gasteiger partial charge in [-0.2, -0.15) is 0 Å². The van der Waals surface area contributed by atoms with Crippen molar-refractivity contribution >= 4 is 0 Å². The average molecular weight is 1250 g/mol. The summed E-state index contributed by atoms with van der Waals surface area (Å²) in [5, 5.41) is 7.20. The van der Waals surface area contributed by atoms with Gasteiger partial charge < -0.3 is 17.8 Å². The molecule has 0 aliphatic rings. The Balaban J connectivity index is 0.000000170. The van der Waals surface area contributed by atoms with E-state index in [0.717, 1.165) is 79.3 Å². The van der Waals surface area contributed by atoms with Crippen LogP contribution in [0.4, 0.5) is 13.2 Å². The standard InChI is InChI=1S/3C12H12N2.C12H13N.C12H12O.C7H8F3N.C6H8O.C4H6N2O/c1-9-5-12(7-13-6-9)11-4-3-10(2)14-8-11;1-9-5-6-13-12(7-9)11-4-3-10(2)14-8-11;1-9-3-4-12(8-14-9)11-5-6-13-10(2)7-11;1-10-8-9-11(2)13(10)12-6-4-3-5-7-12;1-9-8-12(13-10(9)2)11-6-4-3-5-7-11;1-5-3-4-6(2)11(5)7(8,9)10;1-5-3-4-6(2)7-5;1-3-5-6-4(2)7-3/h3*3-8H,1-2H3;3-9H,1-2H3;3-8H,1-2H3;3-4H,1-2H3;3-4H,1-2H3;1-2H3. The molecule has 480 valence electrons. The van der Waals surface area contributed by atoms with Gasteiger partial charge in [-0.05, 0) is 228 Å². The number of furan rings is 2. The number of aryl methyl sites for hydroxylation is 16. The maximum absolute atomic E-state index is 12.1. The van der Waals surface area contributed by atoms with Crippen molar-refractivity contribution in [2.24, 2.45) is 0 Å². The van der Waals surface area contributed by atoms with Gasteiger partial charge in [0.15, 0.2) is 0 Å². The molecule has 13 nitrogen and oxygen atoms in total. The predicted octanol–water partition coefficient (Wildman–Crippen LogP) is 20.1. The van der Waals surface area contributed by atoms with Crippen LogP contribution >= 0.6 is 0 Å². The van der Waals surface area contributed by atoms with E-state index in [1.807, 2.05) is 172 Å². The fourth-order valence-electron chi connectivity index (χ4n) is 9.02. The summed E-state index contributed by atoms with van der Waals surface area (Å²) in [5.74, 6) is 5.17. The lowest BCUT2D eigenvalue weighted by Gasteiger charge is -2.12.